The highest BCUT2D eigenvalue weighted by atomic mass is 35.5. The lowest BCUT2D eigenvalue weighted by Gasteiger charge is -2.27. The Kier molecular flexibility index (Phi) is 6.27. The van der Waals surface area contributed by atoms with Crippen molar-refractivity contribution in [3.63, 3.8) is 0 Å². The van der Waals surface area contributed by atoms with Gasteiger partial charge in [-0.2, -0.15) is 0 Å². The minimum absolute atomic E-state index is 0.309. The lowest BCUT2D eigenvalue weighted by Crippen LogP contribution is -2.50. The van der Waals surface area contributed by atoms with E-state index >= 15 is 0 Å². The van der Waals surface area contributed by atoms with Gasteiger partial charge in [-0.1, -0.05) is 23.2 Å². The van der Waals surface area contributed by atoms with Crippen LogP contribution in [0.15, 0.2) is 18.2 Å². The first-order chi connectivity index (χ1) is 10.4. The number of hydrogen-bond acceptors (Lipinski definition) is 4. The van der Waals surface area contributed by atoms with Gasteiger partial charge in [-0.05, 0) is 45.9 Å². The quantitative estimate of drug-likeness (QED) is 0.717. The Labute approximate surface area is 145 Å². The molecule has 3 N–H and O–H groups in total. The fourth-order valence-corrected chi connectivity index (χ4v) is 1.81. The van der Waals surface area contributed by atoms with Gasteiger partial charge in [-0.15, -0.1) is 0 Å². The number of rotatable bonds is 4. The third-order valence-corrected chi connectivity index (χ3v) is 3.17. The van der Waals surface area contributed by atoms with E-state index in [1.54, 1.807) is 26.8 Å². The molecule has 0 saturated heterocycles. The highest BCUT2D eigenvalue weighted by molar-refractivity contribution is 6.35. The highest BCUT2D eigenvalue weighted by Crippen LogP contribution is 2.25. The largest absolute Gasteiger partial charge is 0.458 e. The summed E-state index contributed by atoms with van der Waals surface area (Å²) >= 11 is 11.8. The van der Waals surface area contributed by atoms with Crippen molar-refractivity contribution in [2.45, 2.75) is 38.9 Å². The van der Waals surface area contributed by atoms with Crippen molar-refractivity contribution in [3.05, 3.63) is 28.2 Å². The van der Waals surface area contributed by atoms with Crippen LogP contribution < -0.4 is 10.6 Å². The molecule has 0 unspecified atom stereocenters. The lowest BCUT2D eigenvalue weighted by atomic mass is 10.1. The lowest BCUT2D eigenvalue weighted by molar-refractivity contribution is -0.174. The number of urea groups is 1. The van der Waals surface area contributed by atoms with E-state index < -0.39 is 23.2 Å². The summed E-state index contributed by atoms with van der Waals surface area (Å²) in [5, 5.41) is 15.7. The number of ether oxygens (including phenoxy) is 1. The maximum Gasteiger partial charge on any atom is 0.340 e. The summed E-state index contributed by atoms with van der Waals surface area (Å²) in [6.45, 7) is 5.98. The smallest absolute Gasteiger partial charge is 0.340 e. The predicted octanol–water partition coefficient (Wildman–Crippen LogP) is 3.21. The third-order valence-electron chi connectivity index (χ3n) is 2.61. The fraction of sp³-hybridized carbons (Fsp3) is 0.467. The second kappa shape index (κ2) is 7.38. The zero-order valence-electron chi connectivity index (χ0n) is 13.4. The number of carbonyl (C=O) groups excluding carboxylic acids is 2. The molecule has 0 heterocycles. The number of anilines is 1. The molecule has 0 spiro atoms. The number of hydrogen-bond donors (Lipinski definition) is 3. The average Bonchev–Trinajstić information content (AvgIpc) is 2.39. The van der Waals surface area contributed by atoms with Crippen molar-refractivity contribution in [1.29, 1.82) is 0 Å². The van der Waals surface area contributed by atoms with Gasteiger partial charge in [-0.25, -0.2) is 9.59 Å². The normalized spacial score (nSPS) is 13.9. The van der Waals surface area contributed by atoms with Crippen LogP contribution in [0, 0.1) is 0 Å². The molecule has 1 aromatic rings. The summed E-state index contributed by atoms with van der Waals surface area (Å²) in [5.74, 6) is -0.828. The summed E-state index contributed by atoms with van der Waals surface area (Å²) in [6.07, 6.45) is 0. The number of aliphatic hydroxyl groups is 1. The van der Waals surface area contributed by atoms with Crippen molar-refractivity contribution in [3.8, 4) is 0 Å². The monoisotopic (exact) mass is 362 g/mol. The molecule has 128 valence electrons. The van der Waals surface area contributed by atoms with Crippen LogP contribution in [0.5, 0.6) is 0 Å². The molecular weight excluding hydrogens is 343 g/mol. The molecule has 6 nitrogen and oxygen atoms in total. The minimum Gasteiger partial charge on any atom is -0.458 e. The van der Waals surface area contributed by atoms with E-state index in [1.165, 1.54) is 19.1 Å². The van der Waals surface area contributed by atoms with Crippen LogP contribution in [0.4, 0.5) is 10.5 Å². The molecule has 0 fully saturated rings. The van der Waals surface area contributed by atoms with Gasteiger partial charge >= 0.3 is 12.0 Å². The Bertz CT molecular complexity index is 598. The Morgan fingerprint density at radius 1 is 1.22 bits per heavy atom. The molecule has 1 atom stereocenters. The first kappa shape index (κ1) is 19.5. The van der Waals surface area contributed by atoms with Crippen LogP contribution in [0.1, 0.15) is 27.7 Å². The molecule has 0 bridgehead atoms. The van der Waals surface area contributed by atoms with Gasteiger partial charge in [0.05, 0.1) is 17.3 Å². The standard InChI is InChI=1S/C15H20Cl2N2O4/c1-14(2,3)23-12(20)15(4,22)8-18-13(21)19-11-7-9(16)5-6-10(11)17/h5-7,22H,8H2,1-4H3,(H2,18,19,21)/t15-/m0/s1. The average molecular weight is 363 g/mol. The maximum atomic E-state index is 11.9. The van der Waals surface area contributed by atoms with E-state index in [-0.39, 0.29) is 6.54 Å². The van der Waals surface area contributed by atoms with E-state index in [0.717, 1.165) is 0 Å². The maximum absolute atomic E-state index is 11.9. The van der Waals surface area contributed by atoms with E-state index in [2.05, 4.69) is 10.6 Å². The SMILES string of the molecule is CC(C)(C)OC(=O)[C@@](C)(O)CNC(=O)Nc1cc(Cl)ccc1Cl. The van der Waals surface area contributed by atoms with Gasteiger partial charge in [0.25, 0.3) is 0 Å². The topological polar surface area (TPSA) is 87.7 Å². The van der Waals surface area contributed by atoms with Gasteiger partial charge < -0.3 is 20.5 Å². The Hall–Kier alpha value is -1.50. The van der Waals surface area contributed by atoms with Gasteiger partial charge in [0, 0.05) is 5.02 Å². The fourth-order valence-electron chi connectivity index (χ4n) is 1.47. The molecular formula is C15H20Cl2N2O4. The van der Waals surface area contributed by atoms with Crippen molar-refractivity contribution in [2.24, 2.45) is 0 Å². The minimum atomic E-state index is -1.86. The van der Waals surface area contributed by atoms with Crippen LogP contribution in [0.25, 0.3) is 0 Å². The molecule has 23 heavy (non-hydrogen) atoms. The third kappa shape index (κ3) is 6.64. The van der Waals surface area contributed by atoms with Gasteiger partial charge in [-0.3, -0.25) is 0 Å². The van der Waals surface area contributed by atoms with E-state index in [0.29, 0.717) is 15.7 Å². The van der Waals surface area contributed by atoms with E-state index in [9.17, 15) is 14.7 Å². The highest BCUT2D eigenvalue weighted by Gasteiger charge is 2.35. The summed E-state index contributed by atoms with van der Waals surface area (Å²) in [6, 6.07) is 3.96. The van der Waals surface area contributed by atoms with Gasteiger partial charge in [0.1, 0.15) is 5.60 Å². The summed E-state index contributed by atoms with van der Waals surface area (Å²) < 4.78 is 5.09. The second-order valence-corrected chi connectivity index (χ2v) is 7.05. The molecule has 1 aromatic carbocycles. The number of benzene rings is 1. The van der Waals surface area contributed by atoms with Gasteiger partial charge in [0.15, 0.2) is 5.60 Å². The van der Waals surface area contributed by atoms with Crippen molar-refractivity contribution in [1.82, 2.24) is 5.32 Å². The predicted molar refractivity (Wildman–Crippen MR) is 90.0 cm³/mol. The molecule has 0 saturated carbocycles. The molecule has 2 amide bonds. The summed E-state index contributed by atoms with van der Waals surface area (Å²) in [4.78, 5) is 23.7. The van der Waals surface area contributed by atoms with E-state index in [4.69, 9.17) is 27.9 Å². The van der Waals surface area contributed by atoms with Crippen LogP contribution in [-0.4, -0.2) is 34.9 Å². The molecule has 8 heteroatoms. The molecule has 1 rings (SSSR count). The number of nitrogens with one attached hydrogen (secondary N) is 2. The Morgan fingerprint density at radius 2 is 1.83 bits per heavy atom. The Morgan fingerprint density at radius 3 is 2.39 bits per heavy atom. The van der Waals surface area contributed by atoms with Crippen LogP contribution in [0.2, 0.25) is 10.0 Å². The van der Waals surface area contributed by atoms with Crippen LogP contribution in [-0.2, 0) is 9.53 Å². The summed E-state index contributed by atoms with van der Waals surface area (Å²) in [7, 11) is 0. The van der Waals surface area contributed by atoms with Crippen molar-refractivity contribution in [2.75, 3.05) is 11.9 Å². The number of halogens is 2. The molecule has 0 aromatic heterocycles. The van der Waals surface area contributed by atoms with Crippen LogP contribution in [0.3, 0.4) is 0 Å². The molecule has 0 aliphatic carbocycles. The molecule has 0 aliphatic rings. The number of amides is 2. The molecule has 0 radical (unpaired) electrons. The second-order valence-electron chi connectivity index (χ2n) is 6.21. The number of esters is 1. The first-order valence-corrected chi connectivity index (χ1v) is 7.62. The zero-order chi connectivity index (χ0) is 17.8. The van der Waals surface area contributed by atoms with E-state index in [1.807, 2.05) is 0 Å². The van der Waals surface area contributed by atoms with Crippen molar-refractivity contribution >= 4 is 40.9 Å². The van der Waals surface area contributed by atoms with Crippen molar-refractivity contribution < 1.29 is 19.4 Å². The molecule has 0 aliphatic heterocycles. The summed E-state index contributed by atoms with van der Waals surface area (Å²) in [5.41, 5.74) is -2.28. The first-order valence-electron chi connectivity index (χ1n) is 6.86. The zero-order valence-corrected chi connectivity index (χ0v) is 14.9. The van der Waals surface area contributed by atoms with Crippen LogP contribution >= 0.6 is 23.2 Å². The Balaban J connectivity index is 2.61. The number of carbonyl (C=O) groups is 2. The van der Waals surface area contributed by atoms with Gasteiger partial charge in [0.2, 0.25) is 0 Å².